The van der Waals surface area contributed by atoms with Gasteiger partial charge in [-0.1, -0.05) is 12.1 Å². The van der Waals surface area contributed by atoms with E-state index in [-0.39, 0.29) is 5.82 Å². The van der Waals surface area contributed by atoms with Crippen molar-refractivity contribution in [2.24, 2.45) is 0 Å². The second kappa shape index (κ2) is 6.95. The second-order valence-corrected chi connectivity index (χ2v) is 5.06. The average molecular weight is 324 g/mol. The van der Waals surface area contributed by atoms with Gasteiger partial charge in [0.05, 0.1) is 12.3 Å². The molecule has 5 nitrogen and oxygen atoms in total. The molecule has 2 aromatic carbocycles. The first-order valence-electron chi connectivity index (χ1n) is 7.55. The maximum atomic E-state index is 13.8. The number of hydrogen-bond acceptors (Lipinski definition) is 5. The first-order valence-corrected chi connectivity index (χ1v) is 7.55. The van der Waals surface area contributed by atoms with Gasteiger partial charge in [-0.15, -0.1) is 0 Å². The van der Waals surface area contributed by atoms with E-state index in [9.17, 15) is 4.39 Å². The molecule has 0 saturated heterocycles. The molecular weight excluding hydrogens is 307 g/mol. The number of benzene rings is 2. The Balaban J connectivity index is 1.90. The van der Waals surface area contributed by atoms with Gasteiger partial charge in [0, 0.05) is 11.6 Å². The minimum atomic E-state index is -0.364. The SMILES string of the molecule is CCOc1ccc(-c2nc(N)cc(Nc3ccccc3F)n2)cc1. The number of ether oxygens (including phenoxy) is 1. The molecule has 3 rings (SSSR count). The minimum absolute atomic E-state index is 0.299. The van der Waals surface area contributed by atoms with Gasteiger partial charge in [-0.05, 0) is 43.3 Å². The standard InChI is InChI=1S/C18H17FN4O/c1-2-24-13-9-7-12(8-10-13)18-22-16(20)11-17(23-18)21-15-6-4-3-5-14(15)19/h3-11H,2H2,1H3,(H3,20,21,22,23). The molecule has 1 heterocycles. The summed E-state index contributed by atoms with van der Waals surface area (Å²) in [6.07, 6.45) is 0. The summed E-state index contributed by atoms with van der Waals surface area (Å²) in [4.78, 5) is 8.64. The fourth-order valence-electron chi connectivity index (χ4n) is 2.23. The fourth-order valence-corrected chi connectivity index (χ4v) is 2.23. The Bertz CT molecular complexity index is 837. The van der Waals surface area contributed by atoms with E-state index in [0.717, 1.165) is 11.3 Å². The molecule has 0 aliphatic rings. The van der Waals surface area contributed by atoms with Crippen LogP contribution in [0.4, 0.5) is 21.7 Å². The summed E-state index contributed by atoms with van der Waals surface area (Å²) in [5.41, 5.74) is 6.98. The molecule has 3 N–H and O–H groups in total. The van der Waals surface area contributed by atoms with Crippen molar-refractivity contribution in [1.29, 1.82) is 0 Å². The highest BCUT2D eigenvalue weighted by Crippen LogP contribution is 2.24. The number of nitrogens with zero attached hydrogens (tertiary/aromatic N) is 2. The van der Waals surface area contributed by atoms with E-state index in [1.807, 2.05) is 31.2 Å². The number of rotatable bonds is 5. The highest BCUT2D eigenvalue weighted by Gasteiger charge is 2.08. The van der Waals surface area contributed by atoms with Crippen LogP contribution >= 0.6 is 0 Å². The molecule has 0 saturated carbocycles. The fraction of sp³-hybridized carbons (Fsp3) is 0.111. The monoisotopic (exact) mass is 324 g/mol. The number of aromatic nitrogens is 2. The molecule has 6 heteroatoms. The molecule has 1 aromatic heterocycles. The number of nitrogens with one attached hydrogen (secondary N) is 1. The van der Waals surface area contributed by atoms with E-state index in [4.69, 9.17) is 10.5 Å². The summed E-state index contributed by atoms with van der Waals surface area (Å²) < 4.78 is 19.2. The van der Waals surface area contributed by atoms with Gasteiger partial charge in [0.25, 0.3) is 0 Å². The molecule has 0 aliphatic carbocycles. The Labute approximate surface area is 139 Å². The maximum Gasteiger partial charge on any atom is 0.163 e. The van der Waals surface area contributed by atoms with Gasteiger partial charge in [-0.25, -0.2) is 14.4 Å². The van der Waals surface area contributed by atoms with Crippen LogP contribution in [0.15, 0.2) is 54.6 Å². The Morgan fingerprint density at radius 3 is 2.54 bits per heavy atom. The highest BCUT2D eigenvalue weighted by molar-refractivity contribution is 5.65. The smallest absolute Gasteiger partial charge is 0.163 e. The van der Waals surface area contributed by atoms with Crippen molar-refractivity contribution < 1.29 is 9.13 Å². The van der Waals surface area contributed by atoms with Crippen molar-refractivity contribution in [3.8, 4) is 17.1 Å². The van der Waals surface area contributed by atoms with Crippen LogP contribution in [0.2, 0.25) is 0 Å². The molecule has 0 unspecified atom stereocenters. The van der Waals surface area contributed by atoms with Crippen LogP contribution in [0.3, 0.4) is 0 Å². The highest BCUT2D eigenvalue weighted by atomic mass is 19.1. The molecule has 0 aliphatic heterocycles. The Kier molecular flexibility index (Phi) is 4.56. The topological polar surface area (TPSA) is 73.1 Å². The van der Waals surface area contributed by atoms with Crippen LogP contribution in [0.25, 0.3) is 11.4 Å². The van der Waals surface area contributed by atoms with Crippen molar-refractivity contribution >= 4 is 17.3 Å². The lowest BCUT2D eigenvalue weighted by Gasteiger charge is -2.10. The van der Waals surface area contributed by atoms with Gasteiger partial charge < -0.3 is 15.8 Å². The third kappa shape index (κ3) is 3.60. The lowest BCUT2D eigenvalue weighted by atomic mass is 10.2. The largest absolute Gasteiger partial charge is 0.494 e. The maximum absolute atomic E-state index is 13.8. The Hall–Kier alpha value is -3.15. The second-order valence-electron chi connectivity index (χ2n) is 5.06. The number of halogens is 1. The van der Waals surface area contributed by atoms with Gasteiger partial charge >= 0.3 is 0 Å². The van der Waals surface area contributed by atoms with E-state index >= 15 is 0 Å². The molecule has 0 amide bonds. The predicted molar refractivity (Wildman–Crippen MR) is 92.7 cm³/mol. The summed E-state index contributed by atoms with van der Waals surface area (Å²) in [7, 11) is 0. The zero-order valence-corrected chi connectivity index (χ0v) is 13.2. The predicted octanol–water partition coefficient (Wildman–Crippen LogP) is 4.01. The van der Waals surface area contributed by atoms with Crippen molar-refractivity contribution in [2.75, 3.05) is 17.7 Å². The van der Waals surface area contributed by atoms with Crippen molar-refractivity contribution in [2.45, 2.75) is 6.92 Å². The van der Waals surface area contributed by atoms with E-state index in [1.54, 1.807) is 24.3 Å². The summed E-state index contributed by atoms with van der Waals surface area (Å²) in [5, 5.41) is 2.92. The van der Waals surface area contributed by atoms with Crippen molar-refractivity contribution in [1.82, 2.24) is 9.97 Å². The van der Waals surface area contributed by atoms with Crippen molar-refractivity contribution in [3.63, 3.8) is 0 Å². The minimum Gasteiger partial charge on any atom is -0.494 e. The summed E-state index contributed by atoms with van der Waals surface area (Å²) in [6, 6.07) is 15.3. The van der Waals surface area contributed by atoms with Gasteiger partial charge in [0.1, 0.15) is 23.2 Å². The first kappa shape index (κ1) is 15.7. The van der Waals surface area contributed by atoms with E-state index in [1.165, 1.54) is 6.07 Å². The Morgan fingerprint density at radius 2 is 1.83 bits per heavy atom. The molecule has 122 valence electrons. The van der Waals surface area contributed by atoms with E-state index in [2.05, 4.69) is 15.3 Å². The molecule has 3 aromatic rings. The molecular formula is C18H17FN4O. The number of nitrogens with two attached hydrogens (primary N) is 1. The van der Waals surface area contributed by atoms with Gasteiger partial charge in [0.2, 0.25) is 0 Å². The van der Waals surface area contributed by atoms with Crippen LogP contribution in [0.5, 0.6) is 5.75 Å². The van der Waals surface area contributed by atoms with Crippen LogP contribution < -0.4 is 15.8 Å². The Morgan fingerprint density at radius 1 is 1.08 bits per heavy atom. The van der Waals surface area contributed by atoms with Crippen molar-refractivity contribution in [3.05, 3.63) is 60.4 Å². The quantitative estimate of drug-likeness (QED) is 0.742. The van der Waals surface area contributed by atoms with Gasteiger partial charge in [-0.3, -0.25) is 0 Å². The van der Waals surface area contributed by atoms with Crippen LogP contribution in [0.1, 0.15) is 6.92 Å². The van der Waals surface area contributed by atoms with E-state index in [0.29, 0.717) is 29.8 Å². The van der Waals surface area contributed by atoms with Crippen LogP contribution in [0, 0.1) is 5.82 Å². The lowest BCUT2D eigenvalue weighted by molar-refractivity contribution is 0.340. The molecule has 0 fully saturated rings. The van der Waals surface area contributed by atoms with Gasteiger partial charge in [0.15, 0.2) is 5.82 Å². The number of para-hydroxylation sites is 1. The molecule has 24 heavy (non-hydrogen) atoms. The summed E-state index contributed by atoms with van der Waals surface area (Å²) in [5.74, 6) is 1.59. The molecule has 0 radical (unpaired) electrons. The van der Waals surface area contributed by atoms with Gasteiger partial charge in [-0.2, -0.15) is 0 Å². The zero-order valence-electron chi connectivity index (χ0n) is 13.2. The zero-order chi connectivity index (χ0) is 16.9. The first-order chi connectivity index (χ1) is 11.7. The van der Waals surface area contributed by atoms with E-state index < -0.39 is 0 Å². The third-order valence-electron chi connectivity index (χ3n) is 3.31. The normalized spacial score (nSPS) is 10.4. The summed E-state index contributed by atoms with van der Waals surface area (Å²) >= 11 is 0. The number of hydrogen-bond donors (Lipinski definition) is 2. The average Bonchev–Trinajstić information content (AvgIpc) is 2.57. The molecule has 0 atom stereocenters. The number of nitrogen functional groups attached to an aromatic ring is 1. The van der Waals surface area contributed by atoms with Crippen LogP contribution in [-0.2, 0) is 0 Å². The summed E-state index contributed by atoms with van der Waals surface area (Å²) in [6.45, 7) is 2.53. The lowest BCUT2D eigenvalue weighted by Crippen LogP contribution is -2.02. The molecule has 0 spiro atoms. The number of anilines is 3. The van der Waals surface area contributed by atoms with Crippen LogP contribution in [-0.4, -0.2) is 16.6 Å². The molecule has 0 bridgehead atoms. The third-order valence-corrected chi connectivity index (χ3v) is 3.31.